The van der Waals surface area contributed by atoms with Crippen molar-refractivity contribution in [2.75, 3.05) is 0 Å². The number of hydrogen-bond acceptors (Lipinski definition) is 1. The van der Waals surface area contributed by atoms with Gasteiger partial charge in [-0.1, -0.05) is 23.2 Å². The van der Waals surface area contributed by atoms with Crippen LogP contribution in [0.3, 0.4) is 0 Å². The summed E-state index contributed by atoms with van der Waals surface area (Å²) < 4.78 is 4.16. The van der Waals surface area contributed by atoms with Crippen molar-refractivity contribution >= 4 is 23.2 Å². The van der Waals surface area contributed by atoms with Crippen molar-refractivity contribution in [2.45, 2.75) is 0 Å². The minimum absolute atomic E-state index is 0.311. The van der Waals surface area contributed by atoms with Crippen LogP contribution in [-0.2, 0) is 0 Å². The fourth-order valence-electron chi connectivity index (χ4n) is 0.558. The van der Waals surface area contributed by atoms with E-state index in [0.29, 0.717) is 15.8 Å². The summed E-state index contributed by atoms with van der Waals surface area (Å²) in [5.74, 6) is 0.311. The van der Waals surface area contributed by atoms with Gasteiger partial charge in [-0.15, -0.1) is 0 Å². The molecule has 0 aromatic heterocycles. The minimum atomic E-state index is 0.311. The number of rotatable bonds is 1. The summed E-state index contributed by atoms with van der Waals surface area (Å²) in [5.41, 5.74) is 0. The predicted octanol–water partition coefficient (Wildman–Crippen LogP) is 2.92. The molecule has 0 aliphatic carbocycles. The second-order valence-corrected chi connectivity index (χ2v) is 2.52. The number of ether oxygens (including phenoxy) is 1. The van der Waals surface area contributed by atoms with Gasteiger partial charge in [-0.05, 0) is 18.2 Å². The summed E-state index contributed by atoms with van der Waals surface area (Å²) in [6.07, 6.45) is 0. The van der Waals surface area contributed by atoms with E-state index in [9.17, 15) is 0 Å². The van der Waals surface area contributed by atoms with Crippen molar-refractivity contribution in [3.05, 3.63) is 35.4 Å². The van der Waals surface area contributed by atoms with Gasteiger partial charge in [0.05, 0.1) is 5.02 Å². The molecule has 0 bridgehead atoms. The molecule has 1 aromatic carbocycles. The Morgan fingerprint density at radius 2 is 2.00 bits per heavy atom. The Morgan fingerprint density at radius 3 is 2.50 bits per heavy atom. The molecule has 0 heterocycles. The summed E-state index contributed by atoms with van der Waals surface area (Å²) in [5, 5.41) is 0.883. The smallest absolute Gasteiger partial charge is 0.253 e. The van der Waals surface area contributed by atoms with E-state index in [1.807, 2.05) is 0 Å². The molecule has 0 N–H and O–H groups in total. The first-order valence-corrected chi connectivity index (χ1v) is 3.28. The monoisotopic (exact) mass is 173 g/mol. The average molecular weight is 174 g/mol. The van der Waals surface area contributed by atoms with Gasteiger partial charge in [-0.2, -0.15) is 0 Å². The zero-order valence-electron chi connectivity index (χ0n) is 4.90. The van der Waals surface area contributed by atoms with Gasteiger partial charge in [0.25, 0.3) is 7.11 Å². The van der Waals surface area contributed by atoms with E-state index in [4.69, 9.17) is 30.3 Å². The minimum Gasteiger partial charge on any atom is -0.472 e. The van der Waals surface area contributed by atoms with Gasteiger partial charge in [-0.3, -0.25) is 0 Å². The van der Waals surface area contributed by atoms with E-state index >= 15 is 0 Å². The largest absolute Gasteiger partial charge is 0.472 e. The molecule has 10 heavy (non-hydrogen) atoms. The number of hydrogen-bond donors (Lipinski definition) is 0. The first-order valence-electron chi connectivity index (χ1n) is 2.52. The summed E-state index contributed by atoms with van der Waals surface area (Å²) >= 11 is 11.2. The molecule has 1 rings (SSSR count). The topological polar surface area (TPSA) is 9.23 Å². The quantitative estimate of drug-likeness (QED) is 0.635. The Labute approximate surface area is 69.5 Å². The highest BCUT2D eigenvalue weighted by Gasteiger charge is 1.98. The van der Waals surface area contributed by atoms with E-state index < -0.39 is 0 Å². The Balaban J connectivity index is 3.07. The lowest BCUT2D eigenvalue weighted by Crippen LogP contribution is -1.79. The van der Waals surface area contributed by atoms with Crippen LogP contribution in [0.1, 0.15) is 0 Å². The predicted molar refractivity (Wildman–Crippen MR) is 40.3 cm³/mol. The zero-order chi connectivity index (χ0) is 7.56. The first-order chi connectivity index (χ1) is 4.74. The molecule has 51 valence electrons. The van der Waals surface area contributed by atoms with Crippen molar-refractivity contribution < 1.29 is 4.74 Å². The lowest BCUT2D eigenvalue weighted by atomic mass is 10.3. The Hall–Kier alpha value is -0.400. The molecule has 1 nitrogen and oxygen atoms in total. The Bertz CT molecular complexity index is 235. The van der Waals surface area contributed by atoms with Crippen molar-refractivity contribution in [1.29, 1.82) is 0 Å². The molecule has 0 spiro atoms. The number of halogens is 2. The van der Waals surface area contributed by atoms with Gasteiger partial charge < -0.3 is 4.74 Å². The highest BCUT2D eigenvalue weighted by molar-refractivity contribution is 6.35. The van der Waals surface area contributed by atoms with Crippen LogP contribution < -0.4 is 4.74 Å². The first kappa shape index (κ1) is 7.70. The van der Waals surface area contributed by atoms with Crippen LogP contribution in [0.25, 0.3) is 0 Å². The van der Waals surface area contributed by atoms with E-state index in [2.05, 4.69) is 4.74 Å². The van der Waals surface area contributed by atoms with Gasteiger partial charge in [0.2, 0.25) is 0 Å². The normalized spacial score (nSPS) is 9.50. The standard InChI is InChI=1S/C7H3Cl2O/c1-10-7-3-2-5(8)4-6(7)9/h2-4H. The molecule has 0 saturated heterocycles. The zero-order valence-corrected chi connectivity index (χ0v) is 6.41. The van der Waals surface area contributed by atoms with Crippen LogP contribution in [0, 0.1) is 7.11 Å². The third kappa shape index (κ3) is 1.55. The van der Waals surface area contributed by atoms with Crippen LogP contribution in [-0.4, -0.2) is 0 Å². The molecule has 3 heteroatoms. The lowest BCUT2D eigenvalue weighted by molar-refractivity contribution is 0.473. The van der Waals surface area contributed by atoms with E-state index in [1.165, 1.54) is 12.1 Å². The van der Waals surface area contributed by atoms with Crippen LogP contribution in [0.5, 0.6) is 5.75 Å². The maximum absolute atomic E-state index is 6.53. The van der Waals surface area contributed by atoms with Crippen molar-refractivity contribution in [1.82, 2.24) is 0 Å². The summed E-state index contributed by atoms with van der Waals surface area (Å²) in [6.45, 7) is 0. The van der Waals surface area contributed by atoms with Crippen LogP contribution >= 0.6 is 23.2 Å². The lowest BCUT2D eigenvalue weighted by Gasteiger charge is -1.99. The third-order valence-corrected chi connectivity index (χ3v) is 1.53. The highest BCUT2D eigenvalue weighted by atomic mass is 35.5. The summed E-state index contributed by atoms with van der Waals surface area (Å²) in [4.78, 5) is 0. The van der Waals surface area contributed by atoms with Gasteiger partial charge >= 0.3 is 0 Å². The maximum atomic E-state index is 6.53. The highest BCUT2D eigenvalue weighted by Crippen LogP contribution is 2.26. The van der Waals surface area contributed by atoms with Crippen LogP contribution in [0.2, 0.25) is 10.0 Å². The molecule has 1 aromatic rings. The molecular formula is C7H3Cl2O. The van der Waals surface area contributed by atoms with E-state index in [1.54, 1.807) is 6.07 Å². The van der Waals surface area contributed by atoms with E-state index in [0.717, 1.165) is 0 Å². The molecule has 0 fully saturated rings. The fraction of sp³-hybridized carbons (Fsp3) is 0. The van der Waals surface area contributed by atoms with Crippen LogP contribution in [0.4, 0.5) is 0 Å². The molecule has 3 radical (unpaired) electrons. The molecule has 0 saturated carbocycles. The van der Waals surface area contributed by atoms with E-state index in [-0.39, 0.29) is 0 Å². The number of benzene rings is 1. The molecule has 0 aliphatic heterocycles. The Morgan fingerprint density at radius 1 is 1.30 bits per heavy atom. The second kappa shape index (κ2) is 3.13. The molecule has 0 aliphatic rings. The van der Waals surface area contributed by atoms with Gasteiger partial charge in [0, 0.05) is 5.02 Å². The van der Waals surface area contributed by atoms with Gasteiger partial charge in [0.1, 0.15) is 5.75 Å². The molecule has 0 amide bonds. The van der Waals surface area contributed by atoms with Crippen molar-refractivity contribution in [3.63, 3.8) is 0 Å². The van der Waals surface area contributed by atoms with Crippen LogP contribution in [0.15, 0.2) is 18.2 Å². The Kier molecular flexibility index (Phi) is 2.41. The van der Waals surface area contributed by atoms with Gasteiger partial charge in [-0.25, -0.2) is 0 Å². The summed E-state index contributed by atoms with van der Waals surface area (Å²) in [7, 11) is 6.53. The van der Waals surface area contributed by atoms with Gasteiger partial charge in [0.15, 0.2) is 0 Å². The van der Waals surface area contributed by atoms with Crippen molar-refractivity contribution in [3.8, 4) is 5.75 Å². The maximum Gasteiger partial charge on any atom is 0.253 e. The average Bonchev–Trinajstić information content (AvgIpc) is 1.88. The van der Waals surface area contributed by atoms with Crippen molar-refractivity contribution in [2.24, 2.45) is 0 Å². The third-order valence-electron chi connectivity index (χ3n) is 1.00. The SMILES string of the molecule is [C]Oc1ccc(Cl)cc1Cl. The summed E-state index contributed by atoms with van der Waals surface area (Å²) in [6, 6.07) is 4.67. The fourth-order valence-corrected chi connectivity index (χ4v) is 1.01. The molecule has 0 unspecified atom stereocenters. The molecule has 0 atom stereocenters. The second-order valence-electron chi connectivity index (χ2n) is 1.68. The molecular weight excluding hydrogens is 171 g/mol.